The average Bonchev–Trinajstić information content (AvgIpc) is 2.61. The first-order chi connectivity index (χ1) is 8.51. The average molecular weight is 252 g/mol. The summed E-state index contributed by atoms with van der Waals surface area (Å²) in [5, 5.41) is 10.5. The summed E-state index contributed by atoms with van der Waals surface area (Å²) in [6, 6.07) is 0.132. The van der Waals surface area contributed by atoms with Gasteiger partial charge in [0.05, 0.1) is 12.2 Å². The van der Waals surface area contributed by atoms with Crippen molar-refractivity contribution in [2.45, 2.75) is 47.2 Å². The van der Waals surface area contributed by atoms with Gasteiger partial charge in [-0.1, -0.05) is 0 Å². The number of carbonyl (C=O) groups is 1. The molecule has 1 unspecified atom stereocenters. The first kappa shape index (κ1) is 14.7. The molecule has 0 radical (unpaired) electrons. The van der Waals surface area contributed by atoms with Gasteiger partial charge in [0.15, 0.2) is 0 Å². The largest absolute Gasteiger partial charge is 0.355 e. The molecule has 0 spiro atoms. The van der Waals surface area contributed by atoms with Crippen LogP contribution in [0.25, 0.3) is 0 Å². The topological polar surface area (TPSA) is 59.0 Å². The minimum Gasteiger partial charge on any atom is -0.355 e. The highest BCUT2D eigenvalue weighted by Gasteiger charge is 2.17. The third kappa shape index (κ3) is 3.32. The second-order valence-electron chi connectivity index (χ2n) is 4.46. The molecule has 1 aromatic rings. The Bertz CT molecular complexity index is 411. The Balaban J connectivity index is 2.69. The molecule has 0 aliphatic heterocycles. The van der Waals surface area contributed by atoms with Gasteiger partial charge >= 0.3 is 0 Å². The Morgan fingerprint density at radius 3 is 2.56 bits per heavy atom. The molecule has 0 bridgehead atoms. The van der Waals surface area contributed by atoms with Gasteiger partial charge in [-0.3, -0.25) is 9.48 Å². The summed E-state index contributed by atoms with van der Waals surface area (Å²) in [5.74, 6) is 0.0301. The molecule has 18 heavy (non-hydrogen) atoms. The Morgan fingerprint density at radius 2 is 2.06 bits per heavy atom. The number of rotatable bonds is 6. The van der Waals surface area contributed by atoms with E-state index in [1.54, 1.807) is 0 Å². The monoisotopic (exact) mass is 252 g/mol. The lowest BCUT2D eigenvalue weighted by Crippen LogP contribution is -2.35. The Hall–Kier alpha value is -1.36. The Labute approximate surface area is 109 Å². The van der Waals surface area contributed by atoms with Crippen molar-refractivity contribution in [2.24, 2.45) is 0 Å². The molecule has 1 heterocycles. The minimum absolute atomic E-state index is 0.0301. The SMILES string of the molecule is CCNC(=O)CNC(C)c1c(C)nn(CC)c1C. The van der Waals surface area contributed by atoms with E-state index in [4.69, 9.17) is 0 Å². The van der Waals surface area contributed by atoms with Crippen LogP contribution in [0.3, 0.4) is 0 Å². The summed E-state index contributed by atoms with van der Waals surface area (Å²) in [4.78, 5) is 11.4. The number of aromatic nitrogens is 2. The van der Waals surface area contributed by atoms with Crippen LogP contribution >= 0.6 is 0 Å². The molecule has 0 saturated heterocycles. The fraction of sp³-hybridized carbons (Fsp3) is 0.692. The molecule has 2 N–H and O–H groups in total. The molecule has 1 rings (SSSR count). The van der Waals surface area contributed by atoms with Gasteiger partial charge < -0.3 is 10.6 Å². The van der Waals surface area contributed by atoms with Crippen molar-refractivity contribution < 1.29 is 4.79 Å². The second-order valence-corrected chi connectivity index (χ2v) is 4.46. The van der Waals surface area contributed by atoms with Gasteiger partial charge in [0, 0.05) is 30.4 Å². The van der Waals surface area contributed by atoms with Crippen molar-refractivity contribution in [1.29, 1.82) is 0 Å². The number of aryl methyl sites for hydroxylation is 2. The maximum atomic E-state index is 11.4. The maximum Gasteiger partial charge on any atom is 0.233 e. The smallest absolute Gasteiger partial charge is 0.233 e. The highest BCUT2D eigenvalue weighted by molar-refractivity contribution is 5.77. The fourth-order valence-corrected chi connectivity index (χ4v) is 2.25. The van der Waals surface area contributed by atoms with E-state index in [1.165, 1.54) is 11.3 Å². The van der Waals surface area contributed by atoms with E-state index in [0.29, 0.717) is 13.1 Å². The molecule has 0 aromatic carbocycles. The summed E-state index contributed by atoms with van der Waals surface area (Å²) in [5.41, 5.74) is 3.40. The number of nitrogens with zero attached hydrogens (tertiary/aromatic N) is 2. The first-order valence-electron chi connectivity index (χ1n) is 6.55. The van der Waals surface area contributed by atoms with E-state index >= 15 is 0 Å². The van der Waals surface area contributed by atoms with Crippen molar-refractivity contribution in [2.75, 3.05) is 13.1 Å². The summed E-state index contributed by atoms with van der Waals surface area (Å²) >= 11 is 0. The molecule has 102 valence electrons. The normalized spacial score (nSPS) is 12.5. The highest BCUT2D eigenvalue weighted by Crippen LogP contribution is 2.20. The van der Waals surface area contributed by atoms with Crippen LogP contribution in [0.1, 0.15) is 43.8 Å². The quantitative estimate of drug-likeness (QED) is 0.802. The third-order valence-corrected chi connectivity index (χ3v) is 3.11. The minimum atomic E-state index is 0.0301. The predicted molar refractivity (Wildman–Crippen MR) is 72.5 cm³/mol. The van der Waals surface area contributed by atoms with Gasteiger partial charge in [0.1, 0.15) is 0 Å². The van der Waals surface area contributed by atoms with Crippen LogP contribution in [0.4, 0.5) is 0 Å². The number of carbonyl (C=O) groups excluding carboxylic acids is 1. The van der Waals surface area contributed by atoms with E-state index < -0.39 is 0 Å². The molecule has 5 heteroatoms. The number of amides is 1. The zero-order valence-electron chi connectivity index (χ0n) is 12.0. The molecule has 0 saturated carbocycles. The summed E-state index contributed by atoms with van der Waals surface area (Å²) in [7, 11) is 0. The van der Waals surface area contributed by atoms with Crippen molar-refractivity contribution in [1.82, 2.24) is 20.4 Å². The van der Waals surface area contributed by atoms with E-state index in [2.05, 4.69) is 36.5 Å². The van der Waals surface area contributed by atoms with Gasteiger partial charge in [-0.05, 0) is 34.6 Å². The molecule has 1 amide bonds. The van der Waals surface area contributed by atoms with Gasteiger partial charge in [-0.2, -0.15) is 5.10 Å². The molecule has 1 atom stereocenters. The van der Waals surface area contributed by atoms with Crippen molar-refractivity contribution >= 4 is 5.91 Å². The molecule has 1 aromatic heterocycles. The number of hydrogen-bond donors (Lipinski definition) is 2. The number of likely N-dealkylation sites (N-methyl/N-ethyl adjacent to an activating group) is 1. The highest BCUT2D eigenvalue weighted by atomic mass is 16.1. The lowest BCUT2D eigenvalue weighted by Gasteiger charge is -2.14. The lowest BCUT2D eigenvalue weighted by molar-refractivity contribution is -0.120. The number of hydrogen-bond acceptors (Lipinski definition) is 3. The molecule has 0 fully saturated rings. The van der Waals surface area contributed by atoms with E-state index in [0.717, 1.165) is 12.2 Å². The molecule has 0 aliphatic rings. The lowest BCUT2D eigenvalue weighted by atomic mass is 10.1. The Kier molecular flexibility index (Phi) is 5.34. The Morgan fingerprint density at radius 1 is 1.39 bits per heavy atom. The first-order valence-corrected chi connectivity index (χ1v) is 6.55. The van der Waals surface area contributed by atoms with Crippen LogP contribution in [0.15, 0.2) is 0 Å². The zero-order chi connectivity index (χ0) is 13.7. The van der Waals surface area contributed by atoms with Crippen molar-refractivity contribution in [3.63, 3.8) is 0 Å². The fourth-order valence-electron chi connectivity index (χ4n) is 2.25. The predicted octanol–water partition coefficient (Wildman–Crippen LogP) is 1.31. The van der Waals surface area contributed by atoms with E-state index in [1.807, 2.05) is 18.5 Å². The summed E-state index contributed by atoms with van der Waals surface area (Å²) in [6.45, 7) is 12.0. The maximum absolute atomic E-state index is 11.4. The molecular formula is C13H24N4O. The van der Waals surface area contributed by atoms with Crippen molar-refractivity contribution in [3.8, 4) is 0 Å². The van der Waals surface area contributed by atoms with Crippen molar-refractivity contribution in [3.05, 3.63) is 17.0 Å². The second kappa shape index (κ2) is 6.54. The van der Waals surface area contributed by atoms with Crippen LogP contribution < -0.4 is 10.6 Å². The summed E-state index contributed by atoms with van der Waals surface area (Å²) < 4.78 is 2.00. The van der Waals surface area contributed by atoms with Crippen LogP contribution in [0.5, 0.6) is 0 Å². The van der Waals surface area contributed by atoms with E-state index in [9.17, 15) is 4.79 Å². The van der Waals surface area contributed by atoms with Crippen LogP contribution in [0.2, 0.25) is 0 Å². The van der Waals surface area contributed by atoms with Gasteiger partial charge in [0.25, 0.3) is 0 Å². The van der Waals surface area contributed by atoms with Crippen LogP contribution in [-0.4, -0.2) is 28.8 Å². The molecule has 0 aliphatic carbocycles. The van der Waals surface area contributed by atoms with Gasteiger partial charge in [-0.15, -0.1) is 0 Å². The summed E-state index contributed by atoms with van der Waals surface area (Å²) in [6.07, 6.45) is 0. The molecular weight excluding hydrogens is 228 g/mol. The molecule has 5 nitrogen and oxygen atoms in total. The van der Waals surface area contributed by atoms with Crippen LogP contribution in [-0.2, 0) is 11.3 Å². The van der Waals surface area contributed by atoms with Gasteiger partial charge in [0.2, 0.25) is 5.91 Å². The third-order valence-electron chi connectivity index (χ3n) is 3.11. The van der Waals surface area contributed by atoms with Crippen LogP contribution in [0, 0.1) is 13.8 Å². The zero-order valence-corrected chi connectivity index (χ0v) is 12.0. The van der Waals surface area contributed by atoms with E-state index in [-0.39, 0.29) is 11.9 Å². The standard InChI is InChI=1S/C13H24N4O/c1-6-14-12(18)8-15-9(3)13-10(4)16-17(7-2)11(13)5/h9,15H,6-8H2,1-5H3,(H,14,18). The number of nitrogens with one attached hydrogen (secondary N) is 2. The van der Waals surface area contributed by atoms with Gasteiger partial charge in [-0.25, -0.2) is 0 Å².